The predicted molar refractivity (Wildman–Crippen MR) is 96.5 cm³/mol. The molecule has 0 unspecified atom stereocenters. The molecule has 5 nitrogen and oxygen atoms in total. The van der Waals surface area contributed by atoms with Crippen LogP contribution in [0.15, 0.2) is 24.3 Å². The third-order valence-corrected chi connectivity index (χ3v) is 4.67. The van der Waals surface area contributed by atoms with Gasteiger partial charge in [-0.3, -0.25) is 9.78 Å². The summed E-state index contributed by atoms with van der Waals surface area (Å²) >= 11 is 0. The maximum absolute atomic E-state index is 12.6. The van der Waals surface area contributed by atoms with Crippen LogP contribution in [0.4, 0.5) is 0 Å². The summed E-state index contributed by atoms with van der Waals surface area (Å²) in [6.07, 6.45) is 3.46. The van der Waals surface area contributed by atoms with E-state index in [1.165, 1.54) is 0 Å². The number of aromatic nitrogens is 1. The number of amides is 1. The summed E-state index contributed by atoms with van der Waals surface area (Å²) < 4.78 is 5.43. The second-order valence-corrected chi connectivity index (χ2v) is 6.87. The molecule has 1 aliphatic carbocycles. The number of hydrogen-bond donors (Lipinski definition) is 1. The molecule has 1 heterocycles. The van der Waals surface area contributed by atoms with Crippen LogP contribution in [0.3, 0.4) is 0 Å². The van der Waals surface area contributed by atoms with Crippen molar-refractivity contribution in [2.75, 3.05) is 0 Å². The minimum Gasteiger partial charge on any atom is -0.449 e. The van der Waals surface area contributed by atoms with Gasteiger partial charge in [-0.05, 0) is 51.8 Å². The van der Waals surface area contributed by atoms with Crippen molar-refractivity contribution in [3.8, 4) is 0 Å². The van der Waals surface area contributed by atoms with Crippen LogP contribution in [0.25, 0.3) is 10.9 Å². The fraction of sp³-hybridized carbons (Fsp3) is 0.450. The topological polar surface area (TPSA) is 68.3 Å². The highest BCUT2D eigenvalue weighted by Crippen LogP contribution is 2.22. The number of nitrogens with zero attached hydrogens (tertiary/aromatic N) is 1. The molecule has 1 aromatic carbocycles. The minimum atomic E-state index is -0.818. The monoisotopic (exact) mass is 340 g/mol. The van der Waals surface area contributed by atoms with Gasteiger partial charge in [-0.25, -0.2) is 4.79 Å². The van der Waals surface area contributed by atoms with Crippen molar-refractivity contribution in [2.45, 2.75) is 58.6 Å². The first-order valence-corrected chi connectivity index (χ1v) is 8.83. The summed E-state index contributed by atoms with van der Waals surface area (Å²) in [5.74, 6) is -0.721. The Bertz CT molecular complexity index is 810. The molecule has 1 aliphatic rings. The van der Waals surface area contributed by atoms with Crippen molar-refractivity contribution in [1.82, 2.24) is 10.3 Å². The zero-order valence-corrected chi connectivity index (χ0v) is 15.0. The molecule has 1 saturated carbocycles. The van der Waals surface area contributed by atoms with Gasteiger partial charge in [0.05, 0.1) is 11.1 Å². The van der Waals surface area contributed by atoms with Crippen LogP contribution in [-0.2, 0) is 9.53 Å². The van der Waals surface area contributed by atoms with Crippen LogP contribution in [0.1, 0.15) is 54.2 Å². The quantitative estimate of drug-likeness (QED) is 0.866. The number of esters is 1. The fourth-order valence-corrected chi connectivity index (χ4v) is 3.31. The Balaban J connectivity index is 1.77. The molecular weight excluding hydrogens is 316 g/mol. The molecule has 1 N–H and O–H groups in total. The molecule has 1 fully saturated rings. The van der Waals surface area contributed by atoms with E-state index >= 15 is 0 Å². The highest BCUT2D eigenvalue weighted by molar-refractivity contribution is 6.04. The zero-order valence-electron chi connectivity index (χ0n) is 15.0. The summed E-state index contributed by atoms with van der Waals surface area (Å²) in [4.78, 5) is 29.3. The molecule has 132 valence electrons. The van der Waals surface area contributed by atoms with E-state index in [-0.39, 0.29) is 11.9 Å². The first-order valence-electron chi connectivity index (χ1n) is 8.83. The lowest BCUT2D eigenvalue weighted by molar-refractivity contribution is -0.129. The Kier molecular flexibility index (Phi) is 5.02. The predicted octanol–water partition coefficient (Wildman–Crippen LogP) is 3.46. The number of aryl methyl sites for hydroxylation is 2. The van der Waals surface area contributed by atoms with E-state index in [0.717, 1.165) is 47.8 Å². The lowest BCUT2D eigenvalue weighted by Crippen LogP contribution is -2.40. The third-order valence-electron chi connectivity index (χ3n) is 4.67. The van der Waals surface area contributed by atoms with Gasteiger partial charge in [-0.1, -0.05) is 24.5 Å². The minimum absolute atomic E-state index is 0.209. The molecule has 1 amide bonds. The molecular formula is C20H24N2O3. The Morgan fingerprint density at radius 3 is 2.64 bits per heavy atom. The van der Waals surface area contributed by atoms with Gasteiger partial charge in [0, 0.05) is 17.1 Å². The van der Waals surface area contributed by atoms with Crippen LogP contribution in [0.2, 0.25) is 0 Å². The average molecular weight is 340 g/mol. The number of ether oxygens (including phenoxy) is 1. The molecule has 0 spiro atoms. The number of carbonyl (C=O) groups is 2. The largest absolute Gasteiger partial charge is 0.449 e. The van der Waals surface area contributed by atoms with E-state index in [0.29, 0.717) is 5.56 Å². The van der Waals surface area contributed by atoms with Crippen molar-refractivity contribution in [3.05, 3.63) is 41.1 Å². The van der Waals surface area contributed by atoms with Crippen LogP contribution < -0.4 is 5.32 Å². The molecule has 0 bridgehead atoms. The Labute approximate surface area is 147 Å². The number of hydrogen-bond acceptors (Lipinski definition) is 4. The van der Waals surface area contributed by atoms with E-state index in [2.05, 4.69) is 10.3 Å². The molecule has 2 aromatic rings. The Hall–Kier alpha value is -2.43. The van der Waals surface area contributed by atoms with E-state index < -0.39 is 12.1 Å². The highest BCUT2D eigenvalue weighted by atomic mass is 16.5. The van der Waals surface area contributed by atoms with Gasteiger partial charge in [-0.2, -0.15) is 0 Å². The maximum atomic E-state index is 12.6. The van der Waals surface area contributed by atoms with E-state index in [4.69, 9.17) is 4.74 Å². The van der Waals surface area contributed by atoms with Gasteiger partial charge in [0.15, 0.2) is 6.10 Å². The number of fused-ring (bicyclic) bond motifs is 1. The molecule has 0 saturated heterocycles. The van der Waals surface area contributed by atoms with Gasteiger partial charge in [-0.15, -0.1) is 0 Å². The average Bonchev–Trinajstić information content (AvgIpc) is 3.07. The summed E-state index contributed by atoms with van der Waals surface area (Å²) in [5.41, 5.74) is 2.98. The summed E-state index contributed by atoms with van der Waals surface area (Å²) in [6.45, 7) is 5.42. The highest BCUT2D eigenvalue weighted by Gasteiger charge is 2.24. The fourth-order valence-electron chi connectivity index (χ4n) is 3.31. The number of pyridine rings is 1. The van der Waals surface area contributed by atoms with Crippen molar-refractivity contribution < 1.29 is 14.3 Å². The second kappa shape index (κ2) is 7.21. The standard InChI is InChI=1S/C20H24N2O3/c1-12-8-9-18-16(10-12)17(11-13(2)21-18)20(24)25-14(3)19(23)22-15-6-4-5-7-15/h8-11,14-15H,4-7H2,1-3H3,(H,22,23)/t14-/m0/s1. The molecule has 1 atom stereocenters. The lowest BCUT2D eigenvalue weighted by Gasteiger charge is -2.17. The van der Waals surface area contributed by atoms with Crippen LogP contribution >= 0.6 is 0 Å². The van der Waals surface area contributed by atoms with E-state index in [9.17, 15) is 9.59 Å². The van der Waals surface area contributed by atoms with Crippen LogP contribution in [0, 0.1) is 13.8 Å². The molecule has 25 heavy (non-hydrogen) atoms. The van der Waals surface area contributed by atoms with Gasteiger partial charge >= 0.3 is 5.97 Å². The number of nitrogens with one attached hydrogen (secondary N) is 1. The lowest BCUT2D eigenvalue weighted by atomic mass is 10.1. The Morgan fingerprint density at radius 2 is 1.92 bits per heavy atom. The molecule has 5 heteroatoms. The normalized spacial score (nSPS) is 16.0. The van der Waals surface area contributed by atoms with Gasteiger partial charge in [0.25, 0.3) is 5.91 Å². The SMILES string of the molecule is Cc1ccc2nc(C)cc(C(=O)O[C@@H](C)C(=O)NC3CCCC3)c2c1. The van der Waals surface area contributed by atoms with Crippen molar-refractivity contribution in [1.29, 1.82) is 0 Å². The number of rotatable bonds is 4. The van der Waals surface area contributed by atoms with Crippen molar-refractivity contribution in [3.63, 3.8) is 0 Å². The van der Waals surface area contributed by atoms with E-state index in [1.807, 2.05) is 32.0 Å². The number of carbonyl (C=O) groups excluding carboxylic acids is 2. The Morgan fingerprint density at radius 1 is 1.20 bits per heavy atom. The summed E-state index contributed by atoms with van der Waals surface area (Å²) in [6, 6.07) is 7.69. The second-order valence-electron chi connectivity index (χ2n) is 6.87. The zero-order chi connectivity index (χ0) is 18.0. The molecule has 0 aliphatic heterocycles. The van der Waals surface area contributed by atoms with E-state index in [1.54, 1.807) is 13.0 Å². The van der Waals surface area contributed by atoms with Gasteiger partial charge < -0.3 is 10.1 Å². The summed E-state index contributed by atoms with van der Waals surface area (Å²) in [7, 11) is 0. The maximum Gasteiger partial charge on any atom is 0.339 e. The molecule has 0 radical (unpaired) electrons. The number of benzene rings is 1. The van der Waals surface area contributed by atoms with Gasteiger partial charge in [0.1, 0.15) is 0 Å². The van der Waals surface area contributed by atoms with Gasteiger partial charge in [0.2, 0.25) is 0 Å². The first-order chi connectivity index (χ1) is 11.9. The molecule has 1 aromatic heterocycles. The molecule has 3 rings (SSSR count). The first kappa shape index (κ1) is 17.4. The van der Waals surface area contributed by atoms with Crippen LogP contribution in [0.5, 0.6) is 0 Å². The summed E-state index contributed by atoms with van der Waals surface area (Å²) in [5, 5.41) is 3.71. The van der Waals surface area contributed by atoms with Crippen LogP contribution in [-0.4, -0.2) is 29.0 Å². The third kappa shape index (κ3) is 3.98. The smallest absolute Gasteiger partial charge is 0.339 e. The van der Waals surface area contributed by atoms with Crippen molar-refractivity contribution in [2.24, 2.45) is 0 Å². The van der Waals surface area contributed by atoms with Crippen molar-refractivity contribution >= 4 is 22.8 Å².